The molecule has 3 nitrogen and oxygen atoms in total. The SMILES string of the molecule is O=c1cc(O)c2ccc3ccccc3c2o1. The Morgan fingerprint density at radius 1 is 1.00 bits per heavy atom. The van der Waals surface area contributed by atoms with Gasteiger partial charge in [0.25, 0.3) is 0 Å². The van der Waals surface area contributed by atoms with Gasteiger partial charge in [-0.1, -0.05) is 30.3 Å². The van der Waals surface area contributed by atoms with Crippen molar-refractivity contribution in [2.24, 2.45) is 0 Å². The molecule has 1 heterocycles. The zero-order valence-corrected chi connectivity index (χ0v) is 8.31. The molecule has 0 aliphatic rings. The lowest BCUT2D eigenvalue weighted by Crippen LogP contribution is -1.95. The molecule has 0 atom stereocenters. The maximum atomic E-state index is 11.2. The van der Waals surface area contributed by atoms with Crippen LogP contribution in [0.4, 0.5) is 0 Å². The van der Waals surface area contributed by atoms with Crippen molar-refractivity contribution in [3.05, 3.63) is 52.9 Å². The largest absolute Gasteiger partial charge is 0.507 e. The van der Waals surface area contributed by atoms with E-state index in [1.807, 2.05) is 30.3 Å². The summed E-state index contributed by atoms with van der Waals surface area (Å²) in [6, 6.07) is 12.3. The molecule has 0 saturated carbocycles. The molecular formula is C13H8O3. The van der Waals surface area contributed by atoms with Crippen molar-refractivity contribution in [2.45, 2.75) is 0 Å². The van der Waals surface area contributed by atoms with Gasteiger partial charge in [-0.05, 0) is 11.5 Å². The van der Waals surface area contributed by atoms with E-state index in [1.165, 1.54) is 0 Å². The molecule has 0 aliphatic heterocycles. The van der Waals surface area contributed by atoms with Gasteiger partial charge in [-0.2, -0.15) is 0 Å². The van der Waals surface area contributed by atoms with Crippen LogP contribution in [0.15, 0.2) is 51.7 Å². The van der Waals surface area contributed by atoms with E-state index >= 15 is 0 Å². The van der Waals surface area contributed by atoms with E-state index < -0.39 is 5.63 Å². The molecule has 0 amide bonds. The third-order valence-corrected chi connectivity index (χ3v) is 2.61. The van der Waals surface area contributed by atoms with Crippen molar-refractivity contribution in [2.75, 3.05) is 0 Å². The highest BCUT2D eigenvalue weighted by atomic mass is 16.4. The Morgan fingerprint density at radius 3 is 2.69 bits per heavy atom. The van der Waals surface area contributed by atoms with Gasteiger partial charge in [-0.15, -0.1) is 0 Å². The predicted octanol–water partition coefficient (Wildman–Crippen LogP) is 2.65. The summed E-state index contributed by atoms with van der Waals surface area (Å²) in [6.07, 6.45) is 0. The number of rotatable bonds is 0. The summed E-state index contributed by atoms with van der Waals surface area (Å²) in [4.78, 5) is 11.2. The molecule has 0 unspecified atom stereocenters. The van der Waals surface area contributed by atoms with Crippen molar-refractivity contribution < 1.29 is 9.52 Å². The maximum Gasteiger partial charge on any atom is 0.339 e. The van der Waals surface area contributed by atoms with Crippen molar-refractivity contribution in [3.8, 4) is 5.75 Å². The molecule has 78 valence electrons. The summed E-state index contributed by atoms with van der Waals surface area (Å²) in [7, 11) is 0. The van der Waals surface area contributed by atoms with Gasteiger partial charge in [0.2, 0.25) is 0 Å². The van der Waals surface area contributed by atoms with Gasteiger partial charge in [0.05, 0.1) is 11.5 Å². The minimum atomic E-state index is -0.540. The van der Waals surface area contributed by atoms with Gasteiger partial charge in [0, 0.05) is 5.39 Å². The van der Waals surface area contributed by atoms with E-state index in [4.69, 9.17) is 4.42 Å². The predicted molar refractivity (Wildman–Crippen MR) is 61.7 cm³/mol. The zero-order chi connectivity index (χ0) is 11.1. The molecule has 16 heavy (non-hydrogen) atoms. The molecule has 3 aromatic rings. The summed E-state index contributed by atoms with van der Waals surface area (Å²) in [5, 5.41) is 12.0. The lowest BCUT2D eigenvalue weighted by atomic mass is 10.1. The molecule has 0 spiro atoms. The van der Waals surface area contributed by atoms with Crippen LogP contribution < -0.4 is 5.63 Å². The van der Waals surface area contributed by atoms with Gasteiger partial charge in [0.15, 0.2) is 0 Å². The highest BCUT2D eigenvalue weighted by molar-refractivity contribution is 6.05. The van der Waals surface area contributed by atoms with Crippen molar-refractivity contribution in [1.29, 1.82) is 0 Å². The minimum absolute atomic E-state index is 0.0444. The van der Waals surface area contributed by atoms with Crippen molar-refractivity contribution in [3.63, 3.8) is 0 Å². The Labute approximate surface area is 90.6 Å². The zero-order valence-electron chi connectivity index (χ0n) is 8.31. The molecule has 3 heteroatoms. The minimum Gasteiger partial charge on any atom is -0.507 e. The molecule has 1 aromatic heterocycles. The number of hydrogen-bond donors (Lipinski definition) is 1. The second kappa shape index (κ2) is 3.10. The van der Waals surface area contributed by atoms with Crippen LogP contribution in [-0.2, 0) is 0 Å². The first-order valence-electron chi connectivity index (χ1n) is 4.90. The van der Waals surface area contributed by atoms with Gasteiger partial charge < -0.3 is 9.52 Å². The van der Waals surface area contributed by atoms with E-state index in [1.54, 1.807) is 6.07 Å². The van der Waals surface area contributed by atoms with Crippen LogP contribution in [0, 0.1) is 0 Å². The Morgan fingerprint density at radius 2 is 1.81 bits per heavy atom. The summed E-state index contributed by atoms with van der Waals surface area (Å²) < 4.78 is 5.14. The molecule has 0 saturated heterocycles. The number of fused-ring (bicyclic) bond motifs is 3. The third kappa shape index (κ3) is 1.18. The first kappa shape index (κ1) is 8.97. The maximum absolute atomic E-state index is 11.2. The topological polar surface area (TPSA) is 50.4 Å². The van der Waals surface area contributed by atoms with Gasteiger partial charge >= 0.3 is 5.63 Å². The Bertz CT molecular complexity index is 741. The van der Waals surface area contributed by atoms with E-state index in [0.717, 1.165) is 16.8 Å². The van der Waals surface area contributed by atoms with Crippen LogP contribution in [0.2, 0.25) is 0 Å². The summed E-state index contributed by atoms with van der Waals surface area (Å²) >= 11 is 0. The molecule has 0 aliphatic carbocycles. The molecular weight excluding hydrogens is 204 g/mol. The summed E-state index contributed by atoms with van der Waals surface area (Å²) in [5.41, 5.74) is -0.107. The van der Waals surface area contributed by atoms with Crippen LogP contribution in [0.3, 0.4) is 0 Å². The molecule has 0 radical (unpaired) electrons. The monoisotopic (exact) mass is 212 g/mol. The number of hydrogen-bond acceptors (Lipinski definition) is 3. The van der Waals surface area contributed by atoms with E-state index in [2.05, 4.69) is 0 Å². The average molecular weight is 212 g/mol. The first-order valence-corrected chi connectivity index (χ1v) is 4.90. The smallest absolute Gasteiger partial charge is 0.339 e. The fourth-order valence-electron chi connectivity index (χ4n) is 1.87. The fourth-order valence-corrected chi connectivity index (χ4v) is 1.87. The van der Waals surface area contributed by atoms with Crippen LogP contribution in [0.25, 0.3) is 21.7 Å². The average Bonchev–Trinajstić information content (AvgIpc) is 2.28. The third-order valence-electron chi connectivity index (χ3n) is 2.61. The summed E-state index contributed by atoms with van der Waals surface area (Å²) in [5.74, 6) is -0.0444. The fraction of sp³-hybridized carbons (Fsp3) is 0. The quantitative estimate of drug-likeness (QED) is 0.460. The molecule has 2 aromatic carbocycles. The Kier molecular flexibility index (Phi) is 1.74. The standard InChI is InChI=1S/C13H8O3/c14-11-7-12(15)16-13-9-4-2-1-3-8(9)5-6-10(11)13/h1-7,14H. The van der Waals surface area contributed by atoms with Crippen LogP contribution in [0.1, 0.15) is 0 Å². The lowest BCUT2D eigenvalue weighted by molar-refractivity contribution is 0.468. The van der Waals surface area contributed by atoms with E-state index in [0.29, 0.717) is 11.0 Å². The van der Waals surface area contributed by atoms with Crippen LogP contribution >= 0.6 is 0 Å². The van der Waals surface area contributed by atoms with E-state index in [9.17, 15) is 9.90 Å². The molecule has 0 bridgehead atoms. The molecule has 1 N–H and O–H groups in total. The van der Waals surface area contributed by atoms with Gasteiger partial charge in [-0.3, -0.25) is 0 Å². The summed E-state index contributed by atoms with van der Waals surface area (Å²) in [6.45, 7) is 0. The first-order chi connectivity index (χ1) is 7.75. The number of aromatic hydroxyl groups is 1. The van der Waals surface area contributed by atoms with E-state index in [-0.39, 0.29) is 5.75 Å². The van der Waals surface area contributed by atoms with Gasteiger partial charge in [-0.25, -0.2) is 4.79 Å². The molecule has 3 rings (SSSR count). The normalized spacial score (nSPS) is 11.0. The second-order valence-electron chi connectivity index (χ2n) is 3.61. The van der Waals surface area contributed by atoms with Crippen molar-refractivity contribution >= 4 is 21.7 Å². The van der Waals surface area contributed by atoms with Crippen molar-refractivity contribution in [1.82, 2.24) is 0 Å². The Balaban J connectivity index is 2.65. The van der Waals surface area contributed by atoms with Gasteiger partial charge in [0.1, 0.15) is 11.3 Å². The lowest BCUT2D eigenvalue weighted by Gasteiger charge is -2.02. The number of benzene rings is 2. The highest BCUT2D eigenvalue weighted by Crippen LogP contribution is 2.29. The highest BCUT2D eigenvalue weighted by Gasteiger charge is 2.07. The van der Waals surface area contributed by atoms with Crippen LogP contribution in [0.5, 0.6) is 5.75 Å². The second-order valence-corrected chi connectivity index (χ2v) is 3.61. The Hall–Kier alpha value is -2.29. The molecule has 0 fully saturated rings. The van der Waals surface area contributed by atoms with Crippen LogP contribution in [-0.4, -0.2) is 5.11 Å².